The number of carbonyl (C=O) groups is 1. The molecule has 2 aromatic rings. The highest BCUT2D eigenvalue weighted by atomic mass is 35.5. The lowest BCUT2D eigenvalue weighted by molar-refractivity contribution is -0.111. The lowest BCUT2D eigenvalue weighted by atomic mass is 10.2. The average Bonchev–Trinajstić information content (AvgIpc) is 2.53. The molecule has 0 heterocycles. The van der Waals surface area contributed by atoms with Gasteiger partial charge < -0.3 is 10.1 Å². The van der Waals surface area contributed by atoms with E-state index in [9.17, 15) is 17.6 Å². The molecule has 0 spiro atoms. The highest BCUT2D eigenvalue weighted by Gasteiger charge is 2.16. The second-order valence-corrected chi connectivity index (χ2v) is 6.81. The monoisotopic (exact) mass is 384 g/mol. The zero-order valence-electron chi connectivity index (χ0n) is 13.0. The molecule has 0 fully saturated rings. The minimum atomic E-state index is -4.03. The number of hydrogen-bond acceptors (Lipinski definition) is 4. The van der Waals surface area contributed by atoms with Gasteiger partial charge in [0.05, 0.1) is 12.1 Å². The first kappa shape index (κ1) is 18.9. The van der Waals surface area contributed by atoms with E-state index < -0.39 is 21.7 Å². The topological polar surface area (TPSA) is 98.5 Å². The molecule has 1 amide bonds. The van der Waals surface area contributed by atoms with Crippen molar-refractivity contribution in [3.8, 4) is 5.75 Å². The molecular weight excluding hydrogens is 371 g/mol. The number of nitrogens with two attached hydrogens (primary N) is 1. The van der Waals surface area contributed by atoms with Gasteiger partial charge in [0.15, 0.2) is 0 Å². The molecule has 0 saturated heterocycles. The number of sulfonamides is 1. The van der Waals surface area contributed by atoms with Crippen LogP contribution in [0.15, 0.2) is 47.4 Å². The molecule has 0 aliphatic carbocycles. The summed E-state index contributed by atoms with van der Waals surface area (Å²) >= 11 is 5.86. The molecule has 132 valence electrons. The third-order valence-corrected chi connectivity index (χ3v) is 4.40. The van der Waals surface area contributed by atoms with Gasteiger partial charge in [0.25, 0.3) is 0 Å². The number of halogens is 2. The van der Waals surface area contributed by atoms with Crippen molar-refractivity contribution < 1.29 is 22.3 Å². The average molecular weight is 385 g/mol. The maximum absolute atomic E-state index is 13.6. The quantitative estimate of drug-likeness (QED) is 0.774. The predicted molar refractivity (Wildman–Crippen MR) is 93.4 cm³/mol. The molecule has 0 bridgehead atoms. The van der Waals surface area contributed by atoms with Gasteiger partial charge in [0.1, 0.15) is 16.5 Å². The molecule has 0 aromatic heterocycles. The molecule has 9 heteroatoms. The second-order valence-electron chi connectivity index (χ2n) is 4.87. The SMILES string of the molecule is COc1ccc(NC(=O)/C=C/c2c(F)cccc2Cl)cc1S(N)(=O)=O. The number of amides is 1. The number of anilines is 1. The lowest BCUT2D eigenvalue weighted by Gasteiger charge is -2.09. The van der Waals surface area contributed by atoms with Crippen molar-refractivity contribution in [1.82, 2.24) is 0 Å². The van der Waals surface area contributed by atoms with Crippen molar-refractivity contribution in [2.75, 3.05) is 12.4 Å². The number of carbonyl (C=O) groups excluding carboxylic acids is 1. The summed E-state index contributed by atoms with van der Waals surface area (Å²) in [5.74, 6) is -1.13. The normalized spacial score (nSPS) is 11.5. The third-order valence-electron chi connectivity index (χ3n) is 3.14. The molecular formula is C16H14ClFN2O4S. The van der Waals surface area contributed by atoms with Crippen molar-refractivity contribution in [2.24, 2.45) is 5.14 Å². The van der Waals surface area contributed by atoms with Gasteiger partial charge in [-0.2, -0.15) is 0 Å². The van der Waals surface area contributed by atoms with E-state index >= 15 is 0 Å². The van der Waals surface area contributed by atoms with Crippen LogP contribution in [0.2, 0.25) is 5.02 Å². The Morgan fingerprint density at radius 2 is 2.04 bits per heavy atom. The maximum Gasteiger partial charge on any atom is 0.248 e. The van der Waals surface area contributed by atoms with E-state index in [2.05, 4.69) is 5.32 Å². The summed E-state index contributed by atoms with van der Waals surface area (Å²) in [6, 6.07) is 8.11. The maximum atomic E-state index is 13.6. The number of primary sulfonamides is 1. The summed E-state index contributed by atoms with van der Waals surface area (Å²) < 4.78 is 41.7. The minimum Gasteiger partial charge on any atom is -0.495 e. The predicted octanol–water partition coefficient (Wildman–Crippen LogP) is 2.79. The largest absolute Gasteiger partial charge is 0.495 e. The Morgan fingerprint density at radius 3 is 2.64 bits per heavy atom. The van der Waals surface area contributed by atoms with Crippen LogP contribution in [-0.4, -0.2) is 21.4 Å². The summed E-state index contributed by atoms with van der Waals surface area (Å²) in [7, 11) is -2.74. The van der Waals surface area contributed by atoms with E-state index in [4.69, 9.17) is 21.5 Å². The van der Waals surface area contributed by atoms with Crippen molar-refractivity contribution in [3.63, 3.8) is 0 Å². The molecule has 25 heavy (non-hydrogen) atoms. The fourth-order valence-electron chi connectivity index (χ4n) is 1.99. The first-order valence-corrected chi connectivity index (χ1v) is 8.78. The van der Waals surface area contributed by atoms with Crippen LogP contribution in [0.25, 0.3) is 6.08 Å². The third kappa shape index (κ3) is 4.79. The van der Waals surface area contributed by atoms with Crippen molar-refractivity contribution in [3.05, 3.63) is 58.9 Å². The van der Waals surface area contributed by atoms with Gasteiger partial charge in [-0.1, -0.05) is 17.7 Å². The Hall–Kier alpha value is -2.42. The van der Waals surface area contributed by atoms with Crippen LogP contribution in [0, 0.1) is 5.82 Å². The molecule has 0 unspecified atom stereocenters. The minimum absolute atomic E-state index is 0.0502. The number of hydrogen-bond donors (Lipinski definition) is 2. The first-order valence-electron chi connectivity index (χ1n) is 6.86. The first-order chi connectivity index (χ1) is 11.7. The van der Waals surface area contributed by atoms with Crippen LogP contribution < -0.4 is 15.2 Å². The van der Waals surface area contributed by atoms with Crippen molar-refractivity contribution in [1.29, 1.82) is 0 Å². The number of nitrogens with one attached hydrogen (secondary N) is 1. The molecule has 3 N–H and O–H groups in total. The smallest absolute Gasteiger partial charge is 0.248 e. The van der Waals surface area contributed by atoms with Crippen LogP contribution >= 0.6 is 11.6 Å². The van der Waals surface area contributed by atoms with Gasteiger partial charge in [-0.15, -0.1) is 0 Å². The summed E-state index contributed by atoms with van der Waals surface area (Å²) in [4.78, 5) is 11.7. The van der Waals surface area contributed by atoms with Gasteiger partial charge in [0, 0.05) is 17.3 Å². The fraction of sp³-hybridized carbons (Fsp3) is 0.0625. The van der Waals surface area contributed by atoms with Gasteiger partial charge >= 0.3 is 0 Å². The molecule has 2 rings (SSSR count). The number of rotatable bonds is 5. The highest BCUT2D eigenvalue weighted by molar-refractivity contribution is 7.89. The summed E-state index contributed by atoms with van der Waals surface area (Å²) in [5, 5.41) is 7.72. The van der Waals surface area contributed by atoms with Crippen molar-refractivity contribution in [2.45, 2.75) is 4.90 Å². The molecule has 0 atom stereocenters. The second kappa shape index (κ2) is 7.64. The van der Waals surface area contributed by atoms with E-state index in [1.807, 2.05) is 0 Å². The van der Waals surface area contributed by atoms with Gasteiger partial charge in [-0.25, -0.2) is 17.9 Å². The number of benzene rings is 2. The molecule has 0 radical (unpaired) electrons. The zero-order chi connectivity index (χ0) is 18.6. The van der Waals surface area contributed by atoms with Crippen LogP contribution in [-0.2, 0) is 14.8 Å². The molecule has 6 nitrogen and oxygen atoms in total. The highest BCUT2D eigenvalue weighted by Crippen LogP contribution is 2.26. The van der Waals surface area contributed by atoms with Crippen LogP contribution in [0.4, 0.5) is 10.1 Å². The Kier molecular flexibility index (Phi) is 5.78. The Morgan fingerprint density at radius 1 is 1.32 bits per heavy atom. The molecule has 0 saturated carbocycles. The van der Waals surface area contributed by atoms with Crippen molar-refractivity contribution >= 4 is 39.3 Å². The molecule has 0 aliphatic heterocycles. The van der Waals surface area contributed by atoms with E-state index in [1.165, 1.54) is 43.5 Å². The number of ether oxygens (including phenoxy) is 1. The zero-order valence-corrected chi connectivity index (χ0v) is 14.6. The van der Waals surface area contributed by atoms with Crippen LogP contribution in [0.1, 0.15) is 5.56 Å². The van der Waals surface area contributed by atoms with Gasteiger partial charge in [0.2, 0.25) is 15.9 Å². The summed E-state index contributed by atoms with van der Waals surface area (Å²) in [5.41, 5.74) is 0.248. The molecule has 0 aliphatic rings. The Labute approximate surface area is 149 Å². The van der Waals surface area contributed by atoms with Gasteiger partial charge in [-0.3, -0.25) is 4.79 Å². The standard InChI is InChI=1S/C16H14ClFN2O4S/c1-24-14-7-5-10(9-15(14)25(19,22)23)20-16(21)8-6-11-12(17)3-2-4-13(11)18/h2-9H,1H3,(H,20,21)(H2,19,22,23)/b8-6+. The summed E-state index contributed by atoms with van der Waals surface area (Å²) in [6.45, 7) is 0. The van der Waals surface area contributed by atoms with E-state index in [-0.39, 0.29) is 26.9 Å². The van der Waals surface area contributed by atoms with Gasteiger partial charge in [-0.05, 0) is 36.4 Å². The lowest BCUT2D eigenvalue weighted by Crippen LogP contribution is -2.15. The van der Waals surface area contributed by atoms with Crippen LogP contribution in [0.5, 0.6) is 5.75 Å². The van der Waals surface area contributed by atoms with E-state index in [0.717, 1.165) is 12.1 Å². The molecule has 2 aromatic carbocycles. The summed E-state index contributed by atoms with van der Waals surface area (Å²) in [6.07, 6.45) is 2.29. The number of methoxy groups -OCH3 is 1. The Bertz CT molecular complexity index is 925. The van der Waals surface area contributed by atoms with Crippen LogP contribution in [0.3, 0.4) is 0 Å². The van der Waals surface area contributed by atoms with E-state index in [1.54, 1.807) is 0 Å². The van der Waals surface area contributed by atoms with E-state index in [0.29, 0.717) is 0 Å². The Balaban J connectivity index is 2.22. The fourth-order valence-corrected chi connectivity index (χ4v) is 2.94.